The number of carbonyl (C=O) groups is 2. The second-order valence-corrected chi connectivity index (χ2v) is 10.7. The molecule has 37 heavy (non-hydrogen) atoms. The number of carbonyl (C=O) groups excluding carboxylic acids is 2. The van der Waals surface area contributed by atoms with Gasteiger partial charge in [0, 0.05) is 35.1 Å². The number of hydrogen-bond donors (Lipinski definition) is 1. The van der Waals surface area contributed by atoms with E-state index in [9.17, 15) is 35.9 Å². The summed E-state index contributed by atoms with van der Waals surface area (Å²) in [5, 5.41) is 2.60. The molecule has 1 N–H and O–H groups in total. The van der Waals surface area contributed by atoms with Crippen molar-refractivity contribution in [1.82, 2.24) is 10.2 Å². The van der Waals surface area contributed by atoms with Gasteiger partial charge in [0.25, 0.3) is 5.91 Å². The number of alkyl halides is 6. The highest BCUT2D eigenvalue weighted by molar-refractivity contribution is 9.10. The molecule has 1 heterocycles. The van der Waals surface area contributed by atoms with Gasteiger partial charge in [0.15, 0.2) is 0 Å². The Balaban J connectivity index is 1.91. The second-order valence-electron chi connectivity index (χ2n) is 9.75. The zero-order valence-electron chi connectivity index (χ0n) is 20.1. The number of hydrogen-bond acceptors (Lipinski definition) is 3. The van der Waals surface area contributed by atoms with Gasteiger partial charge in [-0.05, 0) is 63.1 Å². The molecular weight excluding hydrogens is 570 g/mol. The van der Waals surface area contributed by atoms with Crippen molar-refractivity contribution in [3.63, 3.8) is 0 Å². The Kier molecular flexibility index (Phi) is 8.21. The number of ether oxygens (including phenoxy) is 1. The van der Waals surface area contributed by atoms with Gasteiger partial charge < -0.3 is 15.0 Å². The summed E-state index contributed by atoms with van der Waals surface area (Å²) < 4.78 is 85.8. The van der Waals surface area contributed by atoms with Crippen molar-refractivity contribution in [3.8, 4) is 0 Å². The Labute approximate surface area is 218 Å². The van der Waals surface area contributed by atoms with Gasteiger partial charge in [0.1, 0.15) is 5.60 Å². The molecule has 1 fully saturated rings. The highest BCUT2D eigenvalue weighted by Gasteiger charge is 2.39. The van der Waals surface area contributed by atoms with Crippen molar-refractivity contribution in [2.75, 3.05) is 13.1 Å². The van der Waals surface area contributed by atoms with Gasteiger partial charge in [0.2, 0.25) is 0 Å². The molecule has 1 aliphatic heterocycles. The number of likely N-dealkylation sites (tertiary alicyclic amines) is 1. The average molecular weight is 595 g/mol. The van der Waals surface area contributed by atoms with Gasteiger partial charge in [-0.1, -0.05) is 28.1 Å². The Hall–Kier alpha value is -2.76. The van der Waals surface area contributed by atoms with Gasteiger partial charge in [-0.15, -0.1) is 0 Å². The number of piperidine rings is 1. The van der Waals surface area contributed by atoms with Crippen LogP contribution in [0.1, 0.15) is 60.2 Å². The molecule has 2 atom stereocenters. The molecule has 0 spiro atoms. The van der Waals surface area contributed by atoms with Crippen molar-refractivity contribution in [2.24, 2.45) is 0 Å². The largest absolute Gasteiger partial charge is 0.444 e. The van der Waals surface area contributed by atoms with E-state index in [1.165, 1.54) is 4.90 Å². The summed E-state index contributed by atoms with van der Waals surface area (Å²) in [5.41, 5.74) is -3.92. The predicted molar refractivity (Wildman–Crippen MR) is 127 cm³/mol. The van der Waals surface area contributed by atoms with Crippen LogP contribution in [0.25, 0.3) is 0 Å². The normalized spacial score (nSPS) is 18.9. The van der Waals surface area contributed by atoms with Gasteiger partial charge in [-0.25, -0.2) is 4.79 Å². The number of halogens is 7. The highest BCUT2D eigenvalue weighted by atomic mass is 79.9. The molecule has 2 amide bonds. The van der Waals surface area contributed by atoms with Crippen LogP contribution in [-0.4, -0.2) is 41.6 Å². The number of amides is 2. The Morgan fingerprint density at radius 1 is 0.946 bits per heavy atom. The van der Waals surface area contributed by atoms with E-state index in [0.29, 0.717) is 12.1 Å². The van der Waals surface area contributed by atoms with Gasteiger partial charge in [-0.2, -0.15) is 26.3 Å². The average Bonchev–Trinajstić information content (AvgIpc) is 2.77. The minimum absolute atomic E-state index is 0.0271. The summed E-state index contributed by atoms with van der Waals surface area (Å²) in [6.45, 7) is 5.44. The van der Waals surface area contributed by atoms with Crippen LogP contribution < -0.4 is 5.32 Å². The molecule has 1 saturated heterocycles. The maximum Gasteiger partial charge on any atom is 0.416 e. The molecule has 0 aliphatic carbocycles. The van der Waals surface area contributed by atoms with Crippen molar-refractivity contribution < 1.29 is 40.7 Å². The molecule has 1 unspecified atom stereocenters. The molecule has 202 valence electrons. The smallest absolute Gasteiger partial charge is 0.416 e. The third-order valence-electron chi connectivity index (χ3n) is 5.73. The number of benzene rings is 2. The van der Waals surface area contributed by atoms with E-state index >= 15 is 0 Å². The van der Waals surface area contributed by atoms with Crippen molar-refractivity contribution >= 4 is 27.9 Å². The minimum atomic E-state index is -5.07. The molecule has 2 aromatic carbocycles. The van der Waals surface area contributed by atoms with Crippen LogP contribution in [0.4, 0.5) is 31.1 Å². The van der Waals surface area contributed by atoms with Crippen LogP contribution in [0.2, 0.25) is 0 Å². The van der Waals surface area contributed by atoms with Crippen LogP contribution >= 0.6 is 15.9 Å². The van der Waals surface area contributed by atoms with Gasteiger partial charge >= 0.3 is 18.4 Å². The standard InChI is InChI=1S/C25H25BrF6N2O3/c1-23(2,3)37-22(36)34-9-8-20(19(13-34)14-4-6-18(26)7-5-14)33-21(35)15-10-16(24(27,28)29)12-17(11-15)25(30,31)32/h4-7,10-12,19-20H,8-9,13H2,1-3H3,(H,33,35)/t19-,20?/m0/s1. The number of rotatable bonds is 3. The molecule has 0 bridgehead atoms. The molecule has 5 nitrogen and oxygen atoms in total. The third-order valence-corrected chi connectivity index (χ3v) is 6.26. The molecule has 1 aliphatic rings. The minimum Gasteiger partial charge on any atom is -0.444 e. The molecule has 2 aromatic rings. The first-order valence-electron chi connectivity index (χ1n) is 11.3. The lowest BCUT2D eigenvalue weighted by Crippen LogP contribution is -2.52. The Morgan fingerprint density at radius 2 is 1.49 bits per heavy atom. The van der Waals surface area contributed by atoms with Crippen LogP contribution in [0.5, 0.6) is 0 Å². The Bertz CT molecular complexity index is 1110. The first kappa shape index (κ1) is 28.8. The molecule has 0 radical (unpaired) electrons. The fraction of sp³-hybridized carbons (Fsp3) is 0.440. The predicted octanol–water partition coefficient (Wildman–Crippen LogP) is 7.01. The Morgan fingerprint density at radius 3 is 1.97 bits per heavy atom. The quantitative estimate of drug-likeness (QED) is 0.389. The zero-order chi connectivity index (χ0) is 27.8. The monoisotopic (exact) mass is 594 g/mol. The molecular formula is C25H25BrF6N2O3. The lowest BCUT2D eigenvalue weighted by molar-refractivity contribution is -0.143. The van der Waals surface area contributed by atoms with E-state index in [1.807, 2.05) is 0 Å². The molecule has 0 aromatic heterocycles. The van der Waals surface area contributed by atoms with E-state index in [-0.39, 0.29) is 25.6 Å². The second kappa shape index (κ2) is 10.5. The van der Waals surface area contributed by atoms with Crippen LogP contribution in [0.15, 0.2) is 46.9 Å². The highest BCUT2D eigenvalue weighted by Crippen LogP contribution is 2.37. The summed E-state index contributed by atoms with van der Waals surface area (Å²) in [4.78, 5) is 27.1. The summed E-state index contributed by atoms with van der Waals surface area (Å²) in [6, 6.07) is 7.13. The number of nitrogens with zero attached hydrogens (tertiary/aromatic N) is 1. The van der Waals surface area contributed by atoms with Crippen LogP contribution in [-0.2, 0) is 17.1 Å². The molecule has 0 saturated carbocycles. The van der Waals surface area contributed by atoms with Crippen molar-refractivity contribution in [3.05, 3.63) is 69.2 Å². The SMILES string of the molecule is CC(C)(C)OC(=O)N1CCC(NC(=O)c2cc(C(F)(F)F)cc(C(F)(F)F)c2)[C@H](c2ccc(Br)cc2)C1. The van der Waals surface area contributed by atoms with Gasteiger partial charge in [0.05, 0.1) is 11.1 Å². The van der Waals surface area contributed by atoms with Crippen LogP contribution in [0, 0.1) is 0 Å². The molecule has 3 rings (SSSR count). The maximum atomic E-state index is 13.3. The van der Waals surface area contributed by atoms with E-state index in [1.54, 1.807) is 45.0 Å². The number of nitrogens with one attached hydrogen (secondary N) is 1. The summed E-state index contributed by atoms with van der Waals surface area (Å²) in [5.74, 6) is -1.57. The third kappa shape index (κ3) is 7.62. The first-order valence-corrected chi connectivity index (χ1v) is 12.1. The van der Waals surface area contributed by atoms with E-state index < -0.39 is 58.6 Å². The summed E-state index contributed by atoms with van der Waals surface area (Å²) in [6.07, 6.45) is -10.5. The lowest BCUT2D eigenvalue weighted by atomic mass is 9.85. The fourth-order valence-corrected chi connectivity index (χ4v) is 4.27. The zero-order valence-corrected chi connectivity index (χ0v) is 21.7. The summed E-state index contributed by atoms with van der Waals surface area (Å²) in [7, 11) is 0. The molecule has 12 heteroatoms. The lowest BCUT2D eigenvalue weighted by Gasteiger charge is -2.39. The van der Waals surface area contributed by atoms with Crippen molar-refractivity contribution in [2.45, 2.75) is 57.1 Å². The topological polar surface area (TPSA) is 58.6 Å². The van der Waals surface area contributed by atoms with Crippen LogP contribution in [0.3, 0.4) is 0 Å². The first-order chi connectivity index (χ1) is 16.9. The fourth-order valence-electron chi connectivity index (χ4n) is 4.00. The maximum absolute atomic E-state index is 13.3. The van der Waals surface area contributed by atoms with E-state index in [2.05, 4.69) is 21.2 Å². The van der Waals surface area contributed by atoms with E-state index in [4.69, 9.17) is 4.74 Å². The summed E-state index contributed by atoms with van der Waals surface area (Å²) >= 11 is 3.33. The van der Waals surface area contributed by atoms with Gasteiger partial charge in [-0.3, -0.25) is 4.79 Å². The van der Waals surface area contributed by atoms with Crippen molar-refractivity contribution in [1.29, 1.82) is 0 Å². The van der Waals surface area contributed by atoms with E-state index in [0.717, 1.165) is 10.0 Å².